The lowest BCUT2D eigenvalue weighted by atomic mass is 9.90. The summed E-state index contributed by atoms with van der Waals surface area (Å²) >= 11 is 0. The standard InChI is InChI=1S/C18H20N2/c19-15-9-3-6-12-18(15)20-16-10-4-1-7-13(16)14-8-2-5-11-17(14)20/h1-2,4-5,7-8,10-11,15,18H,3,6,9,12,19H2/t15-,18-/m0/s1. The molecule has 0 spiro atoms. The fraction of sp³-hybridized carbons (Fsp3) is 0.333. The van der Waals surface area contributed by atoms with Crippen LogP contribution in [0.3, 0.4) is 0 Å². The van der Waals surface area contributed by atoms with Gasteiger partial charge in [0.2, 0.25) is 0 Å². The van der Waals surface area contributed by atoms with E-state index in [1.54, 1.807) is 0 Å². The van der Waals surface area contributed by atoms with Gasteiger partial charge in [0.05, 0.1) is 0 Å². The molecule has 0 amide bonds. The Morgan fingerprint density at radius 1 is 0.800 bits per heavy atom. The topological polar surface area (TPSA) is 30.9 Å². The summed E-state index contributed by atoms with van der Waals surface area (Å²) in [4.78, 5) is 0. The minimum Gasteiger partial charge on any atom is -0.336 e. The van der Waals surface area contributed by atoms with Gasteiger partial charge in [0, 0.05) is 33.9 Å². The quantitative estimate of drug-likeness (QED) is 0.700. The van der Waals surface area contributed by atoms with Crippen LogP contribution in [0.15, 0.2) is 48.5 Å². The van der Waals surface area contributed by atoms with Crippen molar-refractivity contribution in [3.05, 3.63) is 48.5 Å². The lowest BCUT2D eigenvalue weighted by Gasteiger charge is -2.31. The molecule has 3 aromatic rings. The SMILES string of the molecule is N[C@H]1CCCC[C@@H]1n1c2ccccc2c2ccccc21. The first-order valence-corrected chi connectivity index (χ1v) is 7.59. The maximum atomic E-state index is 6.43. The average molecular weight is 264 g/mol. The zero-order valence-electron chi connectivity index (χ0n) is 11.6. The predicted molar refractivity (Wildman–Crippen MR) is 84.9 cm³/mol. The van der Waals surface area contributed by atoms with E-state index in [0.717, 1.165) is 6.42 Å². The summed E-state index contributed by atoms with van der Waals surface area (Å²) in [6, 6.07) is 18.1. The highest BCUT2D eigenvalue weighted by molar-refractivity contribution is 6.08. The zero-order valence-corrected chi connectivity index (χ0v) is 11.6. The monoisotopic (exact) mass is 264 g/mol. The Kier molecular flexibility index (Phi) is 2.78. The summed E-state index contributed by atoms with van der Waals surface area (Å²) in [6.45, 7) is 0. The molecule has 1 aromatic heterocycles. The number of nitrogens with two attached hydrogens (primary N) is 1. The molecule has 0 saturated heterocycles. The van der Waals surface area contributed by atoms with E-state index in [0.29, 0.717) is 6.04 Å². The Hall–Kier alpha value is -1.80. The van der Waals surface area contributed by atoms with E-state index in [1.807, 2.05) is 0 Å². The highest BCUT2D eigenvalue weighted by Gasteiger charge is 2.26. The first-order chi connectivity index (χ1) is 9.86. The summed E-state index contributed by atoms with van der Waals surface area (Å²) in [5.74, 6) is 0. The first kappa shape index (κ1) is 12.0. The van der Waals surface area contributed by atoms with Crippen LogP contribution in [-0.4, -0.2) is 10.6 Å². The van der Waals surface area contributed by atoms with Crippen LogP contribution in [0.4, 0.5) is 0 Å². The van der Waals surface area contributed by atoms with Crippen molar-refractivity contribution in [2.24, 2.45) is 5.73 Å². The lowest BCUT2D eigenvalue weighted by Crippen LogP contribution is -2.34. The first-order valence-electron chi connectivity index (χ1n) is 7.59. The molecule has 0 radical (unpaired) electrons. The molecule has 0 bridgehead atoms. The molecule has 2 aromatic carbocycles. The van der Waals surface area contributed by atoms with Crippen LogP contribution in [0, 0.1) is 0 Å². The third-order valence-corrected chi connectivity index (χ3v) is 4.73. The van der Waals surface area contributed by atoms with Crippen molar-refractivity contribution in [2.75, 3.05) is 0 Å². The van der Waals surface area contributed by atoms with Crippen LogP contribution in [0.1, 0.15) is 31.7 Å². The molecule has 20 heavy (non-hydrogen) atoms. The van der Waals surface area contributed by atoms with Crippen LogP contribution in [-0.2, 0) is 0 Å². The molecule has 1 heterocycles. The number of rotatable bonds is 1. The number of benzene rings is 2. The minimum absolute atomic E-state index is 0.281. The minimum atomic E-state index is 0.281. The van der Waals surface area contributed by atoms with Gasteiger partial charge in [-0.05, 0) is 25.0 Å². The highest BCUT2D eigenvalue weighted by Crippen LogP contribution is 2.36. The van der Waals surface area contributed by atoms with E-state index in [4.69, 9.17) is 5.73 Å². The predicted octanol–water partition coefficient (Wildman–Crippen LogP) is 4.24. The second kappa shape index (κ2) is 4.64. The Labute approximate surface area is 119 Å². The van der Waals surface area contributed by atoms with Gasteiger partial charge < -0.3 is 10.3 Å². The van der Waals surface area contributed by atoms with E-state index in [1.165, 1.54) is 41.1 Å². The van der Waals surface area contributed by atoms with Crippen LogP contribution < -0.4 is 5.73 Å². The fourth-order valence-electron chi connectivity index (χ4n) is 3.77. The summed E-state index contributed by atoms with van der Waals surface area (Å²) < 4.78 is 2.49. The lowest BCUT2D eigenvalue weighted by molar-refractivity contribution is 0.318. The fourth-order valence-corrected chi connectivity index (χ4v) is 3.77. The van der Waals surface area contributed by atoms with Crippen molar-refractivity contribution < 1.29 is 0 Å². The largest absolute Gasteiger partial charge is 0.336 e. The van der Waals surface area contributed by atoms with Gasteiger partial charge in [-0.2, -0.15) is 0 Å². The molecule has 1 fully saturated rings. The summed E-state index contributed by atoms with van der Waals surface area (Å²) in [5.41, 5.74) is 9.09. The van der Waals surface area contributed by atoms with Crippen LogP contribution in [0.2, 0.25) is 0 Å². The molecule has 4 rings (SSSR count). The third kappa shape index (κ3) is 1.68. The molecular weight excluding hydrogens is 244 g/mol. The van der Waals surface area contributed by atoms with E-state index in [-0.39, 0.29) is 6.04 Å². The normalized spacial score (nSPS) is 23.4. The number of hydrogen-bond acceptors (Lipinski definition) is 1. The second-order valence-corrected chi connectivity index (χ2v) is 5.92. The van der Waals surface area contributed by atoms with Gasteiger partial charge in [-0.3, -0.25) is 0 Å². The van der Waals surface area contributed by atoms with E-state index in [2.05, 4.69) is 53.1 Å². The van der Waals surface area contributed by atoms with Crippen LogP contribution in [0.5, 0.6) is 0 Å². The number of hydrogen-bond donors (Lipinski definition) is 1. The number of nitrogens with zero attached hydrogens (tertiary/aromatic N) is 1. The molecule has 1 saturated carbocycles. The molecular formula is C18H20N2. The average Bonchev–Trinajstić information content (AvgIpc) is 2.83. The summed E-state index contributed by atoms with van der Waals surface area (Å²) in [5, 5.41) is 2.70. The van der Waals surface area contributed by atoms with Crippen molar-refractivity contribution in [3.8, 4) is 0 Å². The van der Waals surface area contributed by atoms with E-state index in [9.17, 15) is 0 Å². The maximum Gasteiger partial charge on any atom is 0.0494 e. The molecule has 102 valence electrons. The zero-order chi connectivity index (χ0) is 13.5. The molecule has 1 aliphatic rings. The highest BCUT2D eigenvalue weighted by atomic mass is 15.0. The van der Waals surface area contributed by atoms with Gasteiger partial charge in [-0.25, -0.2) is 0 Å². The Balaban J connectivity index is 2.04. The van der Waals surface area contributed by atoms with Gasteiger partial charge >= 0.3 is 0 Å². The van der Waals surface area contributed by atoms with Crippen LogP contribution >= 0.6 is 0 Å². The van der Waals surface area contributed by atoms with Crippen molar-refractivity contribution >= 4 is 21.8 Å². The molecule has 2 N–H and O–H groups in total. The van der Waals surface area contributed by atoms with Crippen LogP contribution in [0.25, 0.3) is 21.8 Å². The number of para-hydroxylation sites is 2. The summed E-state index contributed by atoms with van der Waals surface area (Å²) in [6.07, 6.45) is 4.91. The summed E-state index contributed by atoms with van der Waals surface area (Å²) in [7, 11) is 0. The molecule has 2 nitrogen and oxygen atoms in total. The molecule has 2 atom stereocenters. The van der Waals surface area contributed by atoms with Crippen molar-refractivity contribution in [1.29, 1.82) is 0 Å². The molecule has 2 heteroatoms. The van der Waals surface area contributed by atoms with Gasteiger partial charge in [0.15, 0.2) is 0 Å². The van der Waals surface area contributed by atoms with Gasteiger partial charge in [0.25, 0.3) is 0 Å². The van der Waals surface area contributed by atoms with Gasteiger partial charge in [-0.1, -0.05) is 49.2 Å². The third-order valence-electron chi connectivity index (χ3n) is 4.73. The van der Waals surface area contributed by atoms with E-state index >= 15 is 0 Å². The second-order valence-electron chi connectivity index (χ2n) is 5.92. The Morgan fingerprint density at radius 2 is 1.35 bits per heavy atom. The molecule has 0 unspecified atom stereocenters. The van der Waals surface area contributed by atoms with Crippen molar-refractivity contribution in [3.63, 3.8) is 0 Å². The smallest absolute Gasteiger partial charge is 0.0494 e. The molecule has 0 aliphatic heterocycles. The number of fused-ring (bicyclic) bond motifs is 3. The van der Waals surface area contributed by atoms with Crippen molar-refractivity contribution in [1.82, 2.24) is 4.57 Å². The molecule has 1 aliphatic carbocycles. The number of aromatic nitrogens is 1. The Bertz CT molecular complexity index is 703. The van der Waals surface area contributed by atoms with Gasteiger partial charge in [0.1, 0.15) is 0 Å². The maximum absolute atomic E-state index is 6.43. The Morgan fingerprint density at radius 3 is 1.95 bits per heavy atom. The van der Waals surface area contributed by atoms with Gasteiger partial charge in [-0.15, -0.1) is 0 Å². The van der Waals surface area contributed by atoms with E-state index < -0.39 is 0 Å². The van der Waals surface area contributed by atoms with Crippen molar-refractivity contribution in [2.45, 2.75) is 37.8 Å².